The van der Waals surface area contributed by atoms with Crippen molar-refractivity contribution in [3.05, 3.63) is 108 Å². The Kier molecular flexibility index (Phi) is 5.34. The minimum Gasteiger partial charge on any atom is -0.488 e. The number of hydrogen-bond acceptors (Lipinski definition) is 3. The fourth-order valence-corrected chi connectivity index (χ4v) is 3.09. The van der Waals surface area contributed by atoms with Gasteiger partial charge in [0.05, 0.1) is 11.3 Å². The molecule has 0 saturated heterocycles. The van der Waals surface area contributed by atoms with Crippen LogP contribution < -0.4 is 4.74 Å². The third kappa shape index (κ3) is 4.33. The number of carboxylic acids is 1. The zero-order valence-electron chi connectivity index (χ0n) is 15.7. The van der Waals surface area contributed by atoms with Crippen LogP contribution in [0.4, 0.5) is 5.69 Å². The molecule has 1 N–H and O–H groups in total. The van der Waals surface area contributed by atoms with E-state index in [-0.39, 0.29) is 5.56 Å². The predicted octanol–water partition coefficient (Wildman–Crippen LogP) is 5.87. The molecule has 0 aromatic heterocycles. The zero-order chi connectivity index (χ0) is 20.1. The van der Waals surface area contributed by atoms with E-state index in [4.69, 9.17) is 9.84 Å². The van der Waals surface area contributed by atoms with Gasteiger partial charge >= 0.3 is 5.97 Å². The van der Waals surface area contributed by atoms with E-state index in [2.05, 4.69) is 17.1 Å². The summed E-state index contributed by atoms with van der Waals surface area (Å²) in [5, 5.41) is 11.2. The molecule has 0 atom stereocenters. The van der Waals surface area contributed by atoms with Crippen LogP contribution in [0.3, 0.4) is 0 Å². The van der Waals surface area contributed by atoms with Gasteiger partial charge < -0.3 is 9.84 Å². The number of ether oxygens (including phenoxy) is 1. The van der Waals surface area contributed by atoms with Crippen LogP contribution in [-0.2, 0) is 6.61 Å². The van der Waals surface area contributed by atoms with Crippen molar-refractivity contribution in [3.8, 4) is 5.75 Å². The lowest BCUT2D eigenvalue weighted by Gasteiger charge is -2.12. The molecule has 0 amide bonds. The first-order chi connectivity index (χ1) is 14.2. The number of carbonyl (C=O) groups is 1. The summed E-state index contributed by atoms with van der Waals surface area (Å²) < 4.78 is 6.08. The van der Waals surface area contributed by atoms with Gasteiger partial charge in [0.2, 0.25) is 0 Å². The first-order valence-electron chi connectivity index (χ1n) is 9.26. The highest BCUT2D eigenvalue weighted by molar-refractivity contribution is 6.03. The van der Waals surface area contributed by atoms with Gasteiger partial charge in [-0.2, -0.15) is 0 Å². The van der Waals surface area contributed by atoms with Gasteiger partial charge in [-0.1, -0.05) is 60.7 Å². The van der Waals surface area contributed by atoms with E-state index in [1.54, 1.807) is 24.3 Å². The standard InChI is InChI=1S/C25H19NO3/c27-25(28)20-12-10-18(11-13-20)17-29-24-15-14-19-6-4-5-9-22(19)23(24)16-26-21-7-2-1-3-8-21/h1-16H,17H2,(H,27,28). The van der Waals surface area contributed by atoms with Gasteiger partial charge in [-0.15, -0.1) is 0 Å². The number of benzene rings is 4. The number of aromatic carboxylic acids is 1. The second-order valence-corrected chi connectivity index (χ2v) is 6.58. The molecule has 4 aromatic carbocycles. The monoisotopic (exact) mass is 381 g/mol. The SMILES string of the molecule is O=C(O)c1ccc(COc2ccc3ccccc3c2C=Nc2ccccc2)cc1. The maximum Gasteiger partial charge on any atom is 0.335 e. The van der Waals surface area contributed by atoms with Crippen LogP contribution in [0.25, 0.3) is 10.8 Å². The molecule has 0 aliphatic rings. The van der Waals surface area contributed by atoms with Crippen LogP contribution in [0, 0.1) is 0 Å². The molecule has 142 valence electrons. The van der Waals surface area contributed by atoms with Gasteiger partial charge in [-0.25, -0.2) is 4.79 Å². The number of rotatable bonds is 6. The highest BCUT2D eigenvalue weighted by Crippen LogP contribution is 2.28. The summed E-state index contributed by atoms with van der Waals surface area (Å²) in [6.45, 7) is 0.338. The topological polar surface area (TPSA) is 58.9 Å². The molecule has 29 heavy (non-hydrogen) atoms. The molecule has 4 aromatic rings. The van der Waals surface area contributed by atoms with E-state index in [1.807, 2.05) is 60.8 Å². The molecule has 4 rings (SSSR count). The Morgan fingerprint density at radius 1 is 0.862 bits per heavy atom. The van der Waals surface area contributed by atoms with Crippen LogP contribution in [0.1, 0.15) is 21.5 Å². The number of aliphatic imine (C=N–C) groups is 1. The lowest BCUT2D eigenvalue weighted by Crippen LogP contribution is -2.01. The normalized spacial score (nSPS) is 11.0. The molecule has 0 unspecified atom stereocenters. The van der Waals surface area contributed by atoms with Crippen LogP contribution in [0.5, 0.6) is 5.75 Å². The van der Waals surface area contributed by atoms with Gasteiger partial charge in [-0.3, -0.25) is 4.99 Å². The predicted molar refractivity (Wildman–Crippen MR) is 115 cm³/mol. The molecular weight excluding hydrogens is 362 g/mol. The lowest BCUT2D eigenvalue weighted by molar-refractivity contribution is 0.0697. The van der Waals surface area contributed by atoms with Gasteiger partial charge in [0, 0.05) is 11.8 Å². The largest absolute Gasteiger partial charge is 0.488 e. The van der Waals surface area contributed by atoms with Gasteiger partial charge in [0.1, 0.15) is 12.4 Å². The summed E-state index contributed by atoms with van der Waals surface area (Å²) >= 11 is 0. The van der Waals surface area contributed by atoms with Crippen LogP contribution >= 0.6 is 0 Å². The van der Waals surface area contributed by atoms with E-state index in [9.17, 15) is 4.79 Å². The Morgan fingerprint density at radius 2 is 1.59 bits per heavy atom. The first-order valence-corrected chi connectivity index (χ1v) is 9.26. The molecule has 0 fully saturated rings. The van der Waals surface area contributed by atoms with Crippen molar-refractivity contribution in [1.29, 1.82) is 0 Å². The minimum atomic E-state index is -0.939. The zero-order valence-corrected chi connectivity index (χ0v) is 15.7. The van der Waals surface area contributed by atoms with Crippen LogP contribution in [0.15, 0.2) is 96.0 Å². The van der Waals surface area contributed by atoms with Crippen LogP contribution in [0.2, 0.25) is 0 Å². The van der Waals surface area contributed by atoms with E-state index >= 15 is 0 Å². The summed E-state index contributed by atoms with van der Waals surface area (Å²) in [6, 6.07) is 28.5. The fourth-order valence-electron chi connectivity index (χ4n) is 3.09. The maximum atomic E-state index is 11.0. The van der Waals surface area contributed by atoms with Crippen molar-refractivity contribution in [2.24, 2.45) is 4.99 Å². The summed E-state index contributed by atoms with van der Waals surface area (Å²) in [5.74, 6) is -0.211. The maximum absolute atomic E-state index is 11.0. The molecule has 0 saturated carbocycles. The molecule has 0 radical (unpaired) electrons. The van der Waals surface area contributed by atoms with Crippen molar-refractivity contribution in [2.75, 3.05) is 0 Å². The average molecular weight is 381 g/mol. The quantitative estimate of drug-likeness (QED) is 0.425. The third-order valence-electron chi connectivity index (χ3n) is 4.62. The number of hydrogen-bond donors (Lipinski definition) is 1. The van der Waals surface area contributed by atoms with Crippen molar-refractivity contribution in [1.82, 2.24) is 0 Å². The van der Waals surface area contributed by atoms with Crippen molar-refractivity contribution in [2.45, 2.75) is 6.61 Å². The lowest BCUT2D eigenvalue weighted by atomic mass is 10.0. The van der Waals surface area contributed by atoms with Gasteiger partial charge in [0.25, 0.3) is 0 Å². The molecule has 0 aliphatic heterocycles. The Balaban J connectivity index is 1.64. The van der Waals surface area contributed by atoms with E-state index < -0.39 is 5.97 Å². The summed E-state index contributed by atoms with van der Waals surface area (Å²) in [7, 11) is 0. The fraction of sp³-hybridized carbons (Fsp3) is 0.0400. The summed E-state index contributed by atoms with van der Waals surface area (Å²) in [6.07, 6.45) is 1.83. The van der Waals surface area contributed by atoms with Crippen molar-refractivity contribution < 1.29 is 14.6 Å². The highest BCUT2D eigenvalue weighted by atomic mass is 16.5. The van der Waals surface area contributed by atoms with E-state index in [0.717, 1.165) is 33.3 Å². The number of carboxylic acid groups (broad SMARTS) is 1. The minimum absolute atomic E-state index is 0.259. The third-order valence-corrected chi connectivity index (χ3v) is 4.62. The van der Waals surface area contributed by atoms with E-state index in [1.165, 1.54) is 0 Å². The number of para-hydroxylation sites is 1. The second-order valence-electron chi connectivity index (χ2n) is 6.58. The van der Waals surface area contributed by atoms with Crippen molar-refractivity contribution in [3.63, 3.8) is 0 Å². The Bertz CT molecular complexity index is 1170. The smallest absolute Gasteiger partial charge is 0.335 e. The Morgan fingerprint density at radius 3 is 2.34 bits per heavy atom. The van der Waals surface area contributed by atoms with Gasteiger partial charge in [-0.05, 0) is 46.7 Å². The number of nitrogens with zero attached hydrogens (tertiary/aromatic N) is 1. The number of fused-ring (bicyclic) bond motifs is 1. The molecule has 0 aliphatic carbocycles. The van der Waals surface area contributed by atoms with Crippen molar-refractivity contribution >= 4 is 28.6 Å². The van der Waals surface area contributed by atoms with Crippen LogP contribution in [-0.4, -0.2) is 17.3 Å². The summed E-state index contributed by atoms with van der Waals surface area (Å²) in [4.78, 5) is 15.6. The van der Waals surface area contributed by atoms with Gasteiger partial charge in [0.15, 0.2) is 0 Å². The summed E-state index contributed by atoms with van der Waals surface area (Å²) in [5.41, 5.74) is 2.94. The average Bonchev–Trinajstić information content (AvgIpc) is 2.77. The van der Waals surface area contributed by atoms with E-state index in [0.29, 0.717) is 6.61 Å². The molecular formula is C25H19NO3. The Labute approximate surface area is 168 Å². The first kappa shape index (κ1) is 18.4. The molecule has 4 heteroatoms. The molecule has 0 spiro atoms. The Hall–Kier alpha value is -3.92. The molecule has 0 heterocycles. The molecule has 0 bridgehead atoms. The highest BCUT2D eigenvalue weighted by Gasteiger charge is 2.08. The molecule has 4 nitrogen and oxygen atoms in total. The second kappa shape index (κ2) is 8.40.